The van der Waals surface area contributed by atoms with Crippen molar-refractivity contribution in [1.29, 1.82) is 0 Å². The summed E-state index contributed by atoms with van der Waals surface area (Å²) in [7, 11) is 0. The van der Waals surface area contributed by atoms with E-state index in [0.29, 0.717) is 43.7 Å². The number of carbonyl (C=O) groups is 3. The van der Waals surface area contributed by atoms with Gasteiger partial charge in [0.25, 0.3) is 0 Å². The van der Waals surface area contributed by atoms with E-state index in [1.54, 1.807) is 0 Å². The molecule has 1 aromatic heterocycles. The number of likely N-dealkylation sites (tertiary alicyclic amines) is 1. The summed E-state index contributed by atoms with van der Waals surface area (Å²) < 4.78 is 14.5. The predicted octanol–water partition coefficient (Wildman–Crippen LogP) is 0.702. The molecule has 3 rings (SSSR count). The van der Waals surface area contributed by atoms with Gasteiger partial charge in [0, 0.05) is 18.4 Å². The average molecular weight is 364 g/mol. The Bertz CT molecular complexity index is 719. The number of nitrogens with one attached hydrogen (secondary N) is 2. The molecule has 3 N–H and O–H groups in total. The van der Waals surface area contributed by atoms with Crippen LogP contribution in [-0.4, -0.2) is 58.5 Å². The highest BCUT2D eigenvalue weighted by Gasteiger charge is 2.28. The number of amides is 2. The summed E-state index contributed by atoms with van der Waals surface area (Å²) in [5.41, 5.74) is 0.762. The summed E-state index contributed by atoms with van der Waals surface area (Å²) in [5, 5.41) is 14.0. The Kier molecular flexibility index (Phi) is 5.46. The molecule has 1 atom stereocenters. The van der Waals surface area contributed by atoms with Crippen molar-refractivity contribution in [2.24, 2.45) is 0 Å². The quantitative estimate of drug-likeness (QED) is 0.660. The molecule has 3 heterocycles. The Hall–Kier alpha value is -2.55. The molecule has 26 heavy (non-hydrogen) atoms. The molecule has 0 radical (unpaired) electrons. The van der Waals surface area contributed by atoms with Crippen LogP contribution in [0.1, 0.15) is 37.3 Å². The lowest BCUT2D eigenvalue weighted by Crippen LogP contribution is -2.47. The Morgan fingerprint density at radius 1 is 1.35 bits per heavy atom. The highest BCUT2D eigenvalue weighted by Crippen LogP contribution is 2.29. The number of rotatable bonds is 5. The summed E-state index contributed by atoms with van der Waals surface area (Å²) in [6, 6.07) is 0.731. The SMILES string of the molecule is O=C(O)CN1CCC(c2ncc(NC3CCC(=O)NC3=O)cc2F)CC1. The molecule has 0 spiro atoms. The molecule has 0 saturated carbocycles. The van der Waals surface area contributed by atoms with Crippen LogP contribution in [0, 0.1) is 5.82 Å². The monoisotopic (exact) mass is 364 g/mol. The Labute approximate surface area is 149 Å². The van der Waals surface area contributed by atoms with Crippen molar-refractivity contribution in [3.05, 3.63) is 23.8 Å². The minimum atomic E-state index is -0.864. The fraction of sp³-hybridized carbons (Fsp3) is 0.529. The molecule has 8 nitrogen and oxygen atoms in total. The highest BCUT2D eigenvalue weighted by molar-refractivity contribution is 6.01. The number of nitrogens with zero attached hydrogens (tertiary/aromatic N) is 2. The van der Waals surface area contributed by atoms with Gasteiger partial charge in [-0.2, -0.15) is 0 Å². The van der Waals surface area contributed by atoms with E-state index >= 15 is 0 Å². The molecule has 2 saturated heterocycles. The average Bonchev–Trinajstić information content (AvgIpc) is 2.58. The predicted molar refractivity (Wildman–Crippen MR) is 90.0 cm³/mol. The van der Waals surface area contributed by atoms with E-state index in [4.69, 9.17) is 5.11 Å². The molecular formula is C17H21FN4O4. The number of carboxylic acids is 1. The summed E-state index contributed by atoms with van der Waals surface area (Å²) in [5.74, 6) is -2.08. The van der Waals surface area contributed by atoms with Gasteiger partial charge in [0.05, 0.1) is 24.1 Å². The second-order valence-electron chi connectivity index (χ2n) is 6.68. The molecule has 0 bridgehead atoms. The van der Waals surface area contributed by atoms with Gasteiger partial charge < -0.3 is 10.4 Å². The fourth-order valence-corrected chi connectivity index (χ4v) is 3.42. The van der Waals surface area contributed by atoms with Gasteiger partial charge in [-0.05, 0) is 32.4 Å². The van der Waals surface area contributed by atoms with Crippen LogP contribution in [0.3, 0.4) is 0 Å². The first-order valence-electron chi connectivity index (χ1n) is 8.62. The van der Waals surface area contributed by atoms with Crippen molar-refractivity contribution in [3.8, 4) is 0 Å². The maximum Gasteiger partial charge on any atom is 0.317 e. The number of hydrogen-bond acceptors (Lipinski definition) is 6. The largest absolute Gasteiger partial charge is 0.480 e. The van der Waals surface area contributed by atoms with Gasteiger partial charge in [-0.25, -0.2) is 4.39 Å². The molecule has 0 aliphatic carbocycles. The molecule has 1 aromatic rings. The maximum absolute atomic E-state index is 14.5. The van der Waals surface area contributed by atoms with Gasteiger partial charge in [0.1, 0.15) is 11.9 Å². The molecule has 0 aromatic carbocycles. The van der Waals surface area contributed by atoms with Crippen LogP contribution < -0.4 is 10.6 Å². The molecule has 2 aliphatic heterocycles. The molecule has 2 amide bonds. The second kappa shape index (κ2) is 7.77. The van der Waals surface area contributed by atoms with E-state index in [1.165, 1.54) is 12.3 Å². The summed E-state index contributed by atoms with van der Waals surface area (Å²) in [6.07, 6.45) is 3.39. The maximum atomic E-state index is 14.5. The van der Waals surface area contributed by atoms with E-state index in [9.17, 15) is 18.8 Å². The van der Waals surface area contributed by atoms with E-state index in [0.717, 1.165) is 0 Å². The molecule has 2 aliphatic rings. The van der Waals surface area contributed by atoms with E-state index in [1.807, 2.05) is 4.90 Å². The van der Waals surface area contributed by atoms with Crippen molar-refractivity contribution in [2.75, 3.05) is 25.0 Å². The van der Waals surface area contributed by atoms with Crippen LogP contribution in [0.2, 0.25) is 0 Å². The fourth-order valence-electron chi connectivity index (χ4n) is 3.42. The number of hydrogen-bond donors (Lipinski definition) is 3. The van der Waals surface area contributed by atoms with Gasteiger partial charge in [-0.15, -0.1) is 0 Å². The highest BCUT2D eigenvalue weighted by atomic mass is 19.1. The standard InChI is InChI=1S/C17H21FN4O4/c18-12-7-11(20-13-1-2-14(23)21-17(13)26)8-19-16(12)10-3-5-22(6-4-10)9-15(24)25/h7-8,10,13,20H,1-6,9H2,(H,24,25)(H,21,23,26). The van der Waals surface area contributed by atoms with Crippen LogP contribution in [0.5, 0.6) is 0 Å². The molecule has 9 heteroatoms. The summed E-state index contributed by atoms with van der Waals surface area (Å²) >= 11 is 0. The van der Waals surface area contributed by atoms with E-state index < -0.39 is 23.7 Å². The van der Waals surface area contributed by atoms with Gasteiger partial charge in [0.2, 0.25) is 11.8 Å². The lowest BCUT2D eigenvalue weighted by molar-refractivity contribution is -0.138. The molecule has 1 unspecified atom stereocenters. The van der Waals surface area contributed by atoms with E-state index in [-0.39, 0.29) is 24.8 Å². The van der Waals surface area contributed by atoms with Crippen molar-refractivity contribution in [1.82, 2.24) is 15.2 Å². The smallest absolute Gasteiger partial charge is 0.317 e. The minimum absolute atomic E-state index is 0.00254. The number of piperidine rings is 2. The number of carbonyl (C=O) groups excluding carboxylic acids is 2. The number of halogens is 1. The van der Waals surface area contributed by atoms with Crippen LogP contribution in [0.4, 0.5) is 10.1 Å². The van der Waals surface area contributed by atoms with Gasteiger partial charge in [-0.3, -0.25) is 29.6 Å². The summed E-state index contributed by atoms with van der Waals surface area (Å²) in [6.45, 7) is 1.18. The Morgan fingerprint density at radius 2 is 2.08 bits per heavy atom. The zero-order chi connectivity index (χ0) is 18.7. The number of pyridine rings is 1. The lowest BCUT2D eigenvalue weighted by atomic mass is 9.92. The Morgan fingerprint density at radius 3 is 2.69 bits per heavy atom. The summed E-state index contributed by atoms with van der Waals surface area (Å²) in [4.78, 5) is 39.7. The van der Waals surface area contributed by atoms with Crippen LogP contribution in [-0.2, 0) is 14.4 Å². The third kappa shape index (κ3) is 4.34. The topological polar surface area (TPSA) is 112 Å². The second-order valence-corrected chi connectivity index (χ2v) is 6.68. The zero-order valence-electron chi connectivity index (χ0n) is 14.2. The van der Waals surface area contributed by atoms with E-state index in [2.05, 4.69) is 15.6 Å². The number of imide groups is 1. The van der Waals surface area contributed by atoms with Crippen LogP contribution >= 0.6 is 0 Å². The number of anilines is 1. The third-order valence-electron chi connectivity index (χ3n) is 4.78. The lowest BCUT2D eigenvalue weighted by Gasteiger charge is -2.30. The van der Waals surface area contributed by atoms with Crippen molar-refractivity contribution in [2.45, 2.75) is 37.6 Å². The van der Waals surface area contributed by atoms with Gasteiger partial charge in [-0.1, -0.05) is 0 Å². The third-order valence-corrected chi connectivity index (χ3v) is 4.78. The normalized spacial score (nSPS) is 22.1. The van der Waals surface area contributed by atoms with Crippen molar-refractivity contribution in [3.63, 3.8) is 0 Å². The van der Waals surface area contributed by atoms with Gasteiger partial charge in [0.15, 0.2) is 0 Å². The number of carboxylic acid groups (broad SMARTS) is 1. The Balaban J connectivity index is 1.60. The number of aliphatic carboxylic acids is 1. The molecular weight excluding hydrogens is 343 g/mol. The van der Waals surface area contributed by atoms with Crippen LogP contribution in [0.25, 0.3) is 0 Å². The van der Waals surface area contributed by atoms with Crippen molar-refractivity contribution < 1.29 is 23.9 Å². The minimum Gasteiger partial charge on any atom is -0.480 e. The van der Waals surface area contributed by atoms with Crippen LogP contribution in [0.15, 0.2) is 12.3 Å². The zero-order valence-corrected chi connectivity index (χ0v) is 14.2. The first kappa shape index (κ1) is 18.2. The first-order chi connectivity index (χ1) is 12.4. The molecule has 2 fully saturated rings. The number of aromatic nitrogens is 1. The van der Waals surface area contributed by atoms with Crippen molar-refractivity contribution >= 4 is 23.5 Å². The molecule has 140 valence electrons. The van der Waals surface area contributed by atoms with Gasteiger partial charge >= 0.3 is 5.97 Å². The first-order valence-corrected chi connectivity index (χ1v) is 8.62.